The van der Waals surface area contributed by atoms with E-state index in [1.54, 1.807) is 0 Å². The van der Waals surface area contributed by atoms with E-state index in [4.69, 9.17) is 5.73 Å². The molecule has 2 heterocycles. The first-order chi connectivity index (χ1) is 6.42. The Kier molecular flexibility index (Phi) is 3.52. The van der Waals surface area contributed by atoms with Gasteiger partial charge in [-0.2, -0.15) is 11.8 Å². The molecule has 1 atom stereocenters. The minimum Gasteiger partial charge on any atom is -0.330 e. The van der Waals surface area contributed by atoms with Crippen LogP contribution in [0, 0.1) is 0 Å². The quantitative estimate of drug-likeness (QED) is 0.745. The van der Waals surface area contributed by atoms with Gasteiger partial charge in [0.15, 0.2) is 0 Å². The van der Waals surface area contributed by atoms with Gasteiger partial charge in [-0.1, -0.05) is 6.42 Å². The highest BCUT2D eigenvalue weighted by atomic mass is 32.2. The molecule has 0 bridgehead atoms. The highest BCUT2D eigenvalue weighted by molar-refractivity contribution is 8.00. The summed E-state index contributed by atoms with van der Waals surface area (Å²) in [5, 5.41) is 0. The van der Waals surface area contributed by atoms with Gasteiger partial charge >= 0.3 is 0 Å². The predicted octanol–water partition coefficient (Wildman–Crippen LogP) is 1.31. The van der Waals surface area contributed by atoms with Gasteiger partial charge in [-0.05, 0) is 32.4 Å². The highest BCUT2D eigenvalue weighted by Crippen LogP contribution is 2.30. The van der Waals surface area contributed by atoms with Crippen molar-refractivity contribution < 1.29 is 0 Å². The van der Waals surface area contributed by atoms with Gasteiger partial charge in [0, 0.05) is 23.6 Å². The standard InChI is InChI=1S/C10H20N2S/c11-5-4-9-3-1-2-6-12(9)10-7-13-8-10/h9-10H,1-8,11H2. The number of thioether (sulfide) groups is 1. The molecule has 3 heteroatoms. The molecule has 2 N–H and O–H groups in total. The maximum absolute atomic E-state index is 5.65. The van der Waals surface area contributed by atoms with Crippen LogP contribution >= 0.6 is 11.8 Å². The van der Waals surface area contributed by atoms with Crippen molar-refractivity contribution in [3.8, 4) is 0 Å². The summed E-state index contributed by atoms with van der Waals surface area (Å²) < 4.78 is 0. The fourth-order valence-corrected chi connectivity index (χ4v) is 3.25. The molecular weight excluding hydrogens is 180 g/mol. The largest absolute Gasteiger partial charge is 0.330 e. The van der Waals surface area contributed by atoms with Gasteiger partial charge in [0.2, 0.25) is 0 Å². The summed E-state index contributed by atoms with van der Waals surface area (Å²) in [5.74, 6) is 2.72. The summed E-state index contributed by atoms with van der Waals surface area (Å²) in [6.45, 7) is 2.19. The van der Waals surface area contributed by atoms with E-state index in [0.717, 1.165) is 18.6 Å². The first kappa shape index (κ1) is 9.81. The van der Waals surface area contributed by atoms with Crippen molar-refractivity contribution in [1.29, 1.82) is 0 Å². The van der Waals surface area contributed by atoms with E-state index in [1.165, 1.54) is 43.7 Å². The minimum absolute atomic E-state index is 0.810. The molecule has 2 rings (SSSR count). The topological polar surface area (TPSA) is 29.3 Å². The smallest absolute Gasteiger partial charge is 0.0279 e. The molecule has 0 radical (unpaired) electrons. The van der Waals surface area contributed by atoms with Crippen molar-refractivity contribution in [1.82, 2.24) is 4.90 Å². The molecule has 2 fully saturated rings. The zero-order chi connectivity index (χ0) is 9.10. The Morgan fingerprint density at radius 2 is 2.15 bits per heavy atom. The van der Waals surface area contributed by atoms with Crippen molar-refractivity contribution in [3.05, 3.63) is 0 Å². The van der Waals surface area contributed by atoms with E-state index in [9.17, 15) is 0 Å². The number of piperidine rings is 1. The van der Waals surface area contributed by atoms with Crippen LogP contribution in [0.1, 0.15) is 25.7 Å². The maximum atomic E-state index is 5.65. The van der Waals surface area contributed by atoms with Crippen molar-refractivity contribution in [2.45, 2.75) is 37.8 Å². The summed E-state index contributed by atoms with van der Waals surface area (Å²) in [7, 11) is 0. The molecule has 2 aliphatic heterocycles. The van der Waals surface area contributed by atoms with Gasteiger partial charge in [0.1, 0.15) is 0 Å². The van der Waals surface area contributed by atoms with Gasteiger partial charge in [0.05, 0.1) is 0 Å². The molecule has 76 valence electrons. The Morgan fingerprint density at radius 3 is 2.77 bits per heavy atom. The highest BCUT2D eigenvalue weighted by Gasteiger charge is 2.31. The van der Waals surface area contributed by atoms with Crippen molar-refractivity contribution in [3.63, 3.8) is 0 Å². The number of rotatable bonds is 3. The van der Waals surface area contributed by atoms with Crippen LogP contribution < -0.4 is 5.73 Å². The van der Waals surface area contributed by atoms with Crippen LogP contribution in [0.25, 0.3) is 0 Å². The molecule has 0 amide bonds. The average Bonchev–Trinajstić information content (AvgIpc) is 2.05. The summed E-state index contributed by atoms with van der Waals surface area (Å²) in [6, 6.07) is 1.70. The van der Waals surface area contributed by atoms with Crippen molar-refractivity contribution >= 4 is 11.8 Å². The molecule has 0 aromatic rings. The second-order valence-electron chi connectivity index (χ2n) is 4.16. The molecule has 0 saturated carbocycles. The molecule has 2 saturated heterocycles. The number of hydrogen-bond donors (Lipinski definition) is 1. The molecule has 13 heavy (non-hydrogen) atoms. The SMILES string of the molecule is NCCC1CCCCN1C1CSC1. The second-order valence-corrected chi connectivity index (χ2v) is 5.23. The Labute approximate surface area is 85.2 Å². The van der Waals surface area contributed by atoms with Gasteiger partial charge in [-0.15, -0.1) is 0 Å². The molecular formula is C10H20N2S. The third-order valence-corrected chi connectivity index (χ3v) is 4.50. The van der Waals surface area contributed by atoms with Gasteiger partial charge < -0.3 is 5.73 Å². The Morgan fingerprint density at radius 1 is 1.31 bits per heavy atom. The summed E-state index contributed by atoms with van der Waals surface area (Å²) in [5.41, 5.74) is 5.65. The van der Waals surface area contributed by atoms with Gasteiger partial charge in [-0.25, -0.2) is 0 Å². The molecule has 2 nitrogen and oxygen atoms in total. The molecule has 0 aromatic carbocycles. The van der Waals surface area contributed by atoms with E-state index in [1.807, 2.05) is 0 Å². The Bertz CT molecular complexity index is 157. The van der Waals surface area contributed by atoms with Crippen LogP contribution in [0.15, 0.2) is 0 Å². The lowest BCUT2D eigenvalue weighted by Gasteiger charge is -2.44. The van der Waals surface area contributed by atoms with Crippen LogP contribution in [0.5, 0.6) is 0 Å². The molecule has 0 aromatic heterocycles. The Hall–Kier alpha value is 0.270. The molecule has 0 spiro atoms. The van der Waals surface area contributed by atoms with Crippen LogP contribution in [0.4, 0.5) is 0 Å². The fourth-order valence-electron chi connectivity index (χ4n) is 2.42. The van der Waals surface area contributed by atoms with E-state index in [-0.39, 0.29) is 0 Å². The number of likely N-dealkylation sites (tertiary alicyclic amines) is 1. The molecule has 2 aliphatic rings. The van der Waals surface area contributed by atoms with Crippen LogP contribution in [0.2, 0.25) is 0 Å². The summed E-state index contributed by atoms with van der Waals surface area (Å²) >= 11 is 2.09. The molecule has 0 aliphatic carbocycles. The van der Waals surface area contributed by atoms with Gasteiger partial charge in [-0.3, -0.25) is 4.90 Å². The summed E-state index contributed by atoms with van der Waals surface area (Å²) in [4.78, 5) is 2.73. The normalized spacial score (nSPS) is 31.6. The lowest BCUT2D eigenvalue weighted by Crippen LogP contribution is -2.52. The zero-order valence-electron chi connectivity index (χ0n) is 8.24. The van der Waals surface area contributed by atoms with Crippen LogP contribution in [-0.4, -0.2) is 41.6 Å². The average molecular weight is 200 g/mol. The van der Waals surface area contributed by atoms with Gasteiger partial charge in [0.25, 0.3) is 0 Å². The van der Waals surface area contributed by atoms with Crippen molar-refractivity contribution in [2.24, 2.45) is 5.73 Å². The predicted molar refractivity (Wildman–Crippen MR) is 59.1 cm³/mol. The lowest BCUT2D eigenvalue weighted by atomic mass is 9.97. The van der Waals surface area contributed by atoms with Crippen LogP contribution in [0.3, 0.4) is 0 Å². The first-order valence-electron chi connectivity index (χ1n) is 5.45. The third-order valence-electron chi connectivity index (χ3n) is 3.26. The van der Waals surface area contributed by atoms with E-state index in [0.29, 0.717) is 0 Å². The fraction of sp³-hybridized carbons (Fsp3) is 1.00. The minimum atomic E-state index is 0.810. The lowest BCUT2D eigenvalue weighted by molar-refractivity contribution is 0.106. The van der Waals surface area contributed by atoms with Crippen molar-refractivity contribution in [2.75, 3.05) is 24.6 Å². The molecule has 1 unspecified atom stereocenters. The monoisotopic (exact) mass is 200 g/mol. The third kappa shape index (κ3) is 2.20. The maximum Gasteiger partial charge on any atom is 0.0279 e. The Balaban J connectivity index is 1.87. The van der Waals surface area contributed by atoms with E-state index < -0.39 is 0 Å². The first-order valence-corrected chi connectivity index (χ1v) is 6.61. The number of hydrogen-bond acceptors (Lipinski definition) is 3. The second kappa shape index (κ2) is 4.67. The summed E-state index contributed by atoms with van der Waals surface area (Å²) in [6.07, 6.45) is 5.42. The zero-order valence-corrected chi connectivity index (χ0v) is 9.06. The number of nitrogens with two attached hydrogens (primary N) is 1. The van der Waals surface area contributed by atoms with Crippen LogP contribution in [-0.2, 0) is 0 Å². The van der Waals surface area contributed by atoms with E-state index in [2.05, 4.69) is 16.7 Å². The number of nitrogens with zero attached hydrogens (tertiary/aromatic N) is 1. The van der Waals surface area contributed by atoms with E-state index >= 15 is 0 Å².